The number of carbonyl (C=O) groups is 3. The summed E-state index contributed by atoms with van der Waals surface area (Å²) in [7, 11) is 0. The molecule has 10 aliphatic rings. The first-order valence-corrected chi connectivity index (χ1v) is 21.9. The number of nitrogens with zero attached hydrogens (tertiary/aromatic N) is 3. The molecule has 4 aliphatic heterocycles. The molecule has 4 N–H and O–H groups in total. The van der Waals surface area contributed by atoms with Gasteiger partial charge in [0.1, 0.15) is 0 Å². The molecule has 6 saturated carbocycles. The zero-order valence-electron chi connectivity index (χ0n) is 28.9. The SMILES string of the molecule is O=C1CSC(=NC2CC3CCC2C3)N1.O=C1NC(=NC2CC3CCC2C3)SC12CCCO2.O=C1NC(=NC2CC3CCC2C3)SC1CCCO. The Labute approximate surface area is 308 Å². The third kappa shape index (κ3) is 7.84. The van der Waals surface area contributed by atoms with Crippen LogP contribution >= 0.6 is 35.3 Å². The Morgan fingerprint density at radius 1 is 0.740 bits per heavy atom. The number of hydrogen-bond acceptors (Lipinski definition) is 11. The first-order chi connectivity index (χ1) is 24.3. The van der Waals surface area contributed by atoms with Crippen LogP contribution in [0.4, 0.5) is 0 Å². The van der Waals surface area contributed by atoms with E-state index in [9.17, 15) is 14.4 Å². The molecule has 3 amide bonds. The number of hydrogen-bond donors (Lipinski definition) is 4. The summed E-state index contributed by atoms with van der Waals surface area (Å²) in [4.78, 5) is 48.3. The van der Waals surface area contributed by atoms with Crippen molar-refractivity contribution in [2.75, 3.05) is 19.0 Å². The van der Waals surface area contributed by atoms with E-state index in [1.165, 1.54) is 88.8 Å². The molecule has 0 radical (unpaired) electrons. The van der Waals surface area contributed by atoms with Gasteiger partial charge in [-0.2, -0.15) is 0 Å². The minimum absolute atomic E-state index is 0.00639. The number of aliphatic imine (C=N–C) groups is 3. The summed E-state index contributed by atoms with van der Waals surface area (Å²) in [6.45, 7) is 0.852. The van der Waals surface area contributed by atoms with E-state index >= 15 is 0 Å². The van der Waals surface area contributed by atoms with Crippen LogP contribution in [0, 0.1) is 35.5 Å². The van der Waals surface area contributed by atoms with Crippen LogP contribution < -0.4 is 16.0 Å². The molecule has 10 fully saturated rings. The van der Waals surface area contributed by atoms with E-state index in [0.29, 0.717) is 36.9 Å². The highest BCUT2D eigenvalue weighted by atomic mass is 32.2. The summed E-state index contributed by atoms with van der Waals surface area (Å²) >= 11 is 4.62. The second-order valence-electron chi connectivity index (χ2n) is 16.1. The Hall–Kier alpha value is -1.61. The van der Waals surface area contributed by atoms with Gasteiger partial charge in [-0.1, -0.05) is 42.8 Å². The molecule has 4 saturated heterocycles. The number of nitrogens with one attached hydrogen (secondary N) is 3. The Morgan fingerprint density at radius 3 is 1.82 bits per heavy atom. The van der Waals surface area contributed by atoms with Gasteiger partial charge in [-0.3, -0.25) is 29.4 Å². The summed E-state index contributed by atoms with van der Waals surface area (Å²) in [5.41, 5.74) is 0. The van der Waals surface area contributed by atoms with Gasteiger partial charge in [0.05, 0.1) is 29.1 Å². The highest BCUT2D eigenvalue weighted by molar-refractivity contribution is 8.16. The van der Waals surface area contributed by atoms with Gasteiger partial charge in [0.25, 0.3) is 5.91 Å². The minimum Gasteiger partial charge on any atom is -0.396 e. The van der Waals surface area contributed by atoms with E-state index in [-0.39, 0.29) is 29.6 Å². The third-order valence-electron chi connectivity index (χ3n) is 12.8. The molecule has 274 valence electrons. The lowest BCUT2D eigenvalue weighted by atomic mass is 9.96. The van der Waals surface area contributed by atoms with E-state index in [0.717, 1.165) is 70.3 Å². The fourth-order valence-corrected chi connectivity index (χ4v) is 13.2. The number of rotatable bonds is 6. The first-order valence-electron chi connectivity index (χ1n) is 19.2. The average Bonchev–Trinajstić information content (AvgIpc) is 3.95. The van der Waals surface area contributed by atoms with Gasteiger partial charge in [0.2, 0.25) is 11.8 Å². The van der Waals surface area contributed by atoms with Gasteiger partial charge < -0.3 is 25.8 Å². The van der Waals surface area contributed by atoms with E-state index < -0.39 is 4.93 Å². The first kappa shape index (κ1) is 35.4. The van der Waals surface area contributed by atoms with Gasteiger partial charge in [0, 0.05) is 13.2 Å². The lowest BCUT2D eigenvalue weighted by molar-refractivity contribution is -0.130. The fourth-order valence-electron chi connectivity index (χ4n) is 10.2. The van der Waals surface area contributed by atoms with Gasteiger partial charge in [0.15, 0.2) is 20.4 Å². The van der Waals surface area contributed by atoms with Crippen molar-refractivity contribution in [1.29, 1.82) is 0 Å². The zero-order chi connectivity index (χ0) is 34.2. The van der Waals surface area contributed by atoms with Crippen LogP contribution in [0.25, 0.3) is 0 Å². The quantitative estimate of drug-likeness (QED) is 0.302. The van der Waals surface area contributed by atoms with Gasteiger partial charge in [-0.15, -0.1) is 0 Å². The molecule has 0 aromatic carbocycles. The Bertz CT molecular complexity index is 1420. The Morgan fingerprint density at radius 2 is 1.34 bits per heavy atom. The number of carbonyl (C=O) groups excluding carboxylic acids is 3. The van der Waals surface area contributed by atoms with Crippen LogP contribution in [-0.2, 0) is 19.1 Å². The van der Waals surface area contributed by atoms with Crippen LogP contribution in [0.5, 0.6) is 0 Å². The minimum atomic E-state index is -0.642. The highest BCUT2D eigenvalue weighted by Gasteiger charge is 2.51. The Kier molecular flexibility index (Phi) is 10.9. The van der Waals surface area contributed by atoms with Crippen molar-refractivity contribution in [3.63, 3.8) is 0 Å². The number of amides is 3. The average molecular weight is 745 g/mol. The van der Waals surface area contributed by atoms with Crippen molar-refractivity contribution >= 4 is 68.5 Å². The summed E-state index contributed by atoms with van der Waals surface area (Å²) in [5, 5.41) is 19.9. The van der Waals surface area contributed by atoms with E-state index in [4.69, 9.17) is 19.8 Å². The van der Waals surface area contributed by atoms with Crippen molar-refractivity contribution in [2.24, 2.45) is 50.5 Å². The fraction of sp³-hybridized carbons (Fsp3) is 0.833. The van der Waals surface area contributed by atoms with E-state index in [1.807, 2.05) is 0 Å². The number of amidine groups is 3. The smallest absolute Gasteiger partial charge is 0.269 e. The van der Waals surface area contributed by atoms with Crippen LogP contribution in [0.2, 0.25) is 0 Å². The summed E-state index contributed by atoms with van der Waals surface area (Å²) in [6, 6.07) is 1.40. The summed E-state index contributed by atoms with van der Waals surface area (Å²) < 4.78 is 5.64. The van der Waals surface area contributed by atoms with Crippen molar-refractivity contribution < 1.29 is 24.2 Å². The van der Waals surface area contributed by atoms with Gasteiger partial charge in [-0.25, -0.2) is 0 Å². The second kappa shape index (κ2) is 15.4. The zero-order valence-corrected chi connectivity index (χ0v) is 31.3. The van der Waals surface area contributed by atoms with Gasteiger partial charge >= 0.3 is 0 Å². The second-order valence-corrected chi connectivity index (χ2v) is 19.5. The third-order valence-corrected chi connectivity index (χ3v) is 16.0. The van der Waals surface area contributed by atoms with E-state index in [2.05, 4.69) is 20.9 Å². The molecular weight excluding hydrogens is 693 g/mol. The predicted octanol–water partition coefficient (Wildman–Crippen LogP) is 4.83. The largest absolute Gasteiger partial charge is 0.396 e. The Balaban J connectivity index is 0.000000109. The molecule has 11 atom stereocenters. The number of aliphatic hydroxyl groups is 1. The maximum Gasteiger partial charge on any atom is 0.269 e. The van der Waals surface area contributed by atoms with Gasteiger partial charge in [-0.05, 0) is 131 Å². The predicted molar refractivity (Wildman–Crippen MR) is 200 cm³/mol. The normalized spacial score (nSPS) is 44.3. The van der Waals surface area contributed by atoms with Crippen molar-refractivity contribution in [2.45, 2.75) is 131 Å². The summed E-state index contributed by atoms with van der Waals surface area (Å²) in [5.74, 6) is 5.78. The van der Waals surface area contributed by atoms with Crippen LogP contribution in [0.3, 0.4) is 0 Å². The summed E-state index contributed by atoms with van der Waals surface area (Å²) in [6.07, 6.45) is 19.1. The molecule has 4 heterocycles. The van der Waals surface area contributed by atoms with E-state index in [1.54, 1.807) is 23.5 Å². The van der Waals surface area contributed by atoms with Crippen molar-refractivity contribution in [1.82, 2.24) is 16.0 Å². The highest BCUT2D eigenvalue weighted by Crippen LogP contribution is 2.49. The molecule has 50 heavy (non-hydrogen) atoms. The maximum atomic E-state index is 12.0. The number of aliphatic hydroxyl groups excluding tert-OH is 1. The molecule has 10 rings (SSSR count). The number of fused-ring (bicyclic) bond motifs is 6. The molecule has 1 spiro atoms. The molecule has 0 aromatic rings. The van der Waals surface area contributed by atoms with Crippen molar-refractivity contribution in [3.8, 4) is 0 Å². The standard InChI is InChI=1S/C13H18N2O2S.C13H20N2O2S.C10H14N2OS/c16-11-13(4-1-5-17-13)18-12(15-11)14-10-7-8-2-3-9(10)6-8;16-5-1-2-11-12(17)15-13(18-11)14-10-7-8-3-4-9(10)6-8;13-9-5-14-10(12-9)11-8-4-6-1-2-7(8)3-6/h8-10H,1-7H2,(H,14,15,16);8-11,16H,1-7H2,(H,14,15,17);6-8H,1-5H2,(H,11,12,13). The van der Waals surface area contributed by atoms with Crippen LogP contribution in [0.15, 0.2) is 15.0 Å². The lowest BCUT2D eigenvalue weighted by Crippen LogP contribution is -2.35. The molecule has 11 unspecified atom stereocenters. The molecule has 0 aromatic heterocycles. The number of ether oxygens (including phenoxy) is 1. The van der Waals surface area contributed by atoms with Crippen molar-refractivity contribution in [3.05, 3.63) is 0 Å². The molecule has 6 aliphatic carbocycles. The van der Waals surface area contributed by atoms with Crippen LogP contribution in [0.1, 0.15) is 103 Å². The number of thioether (sulfide) groups is 3. The topological polar surface area (TPSA) is 154 Å². The molecule has 14 heteroatoms. The van der Waals surface area contributed by atoms with Crippen LogP contribution in [-0.4, -0.2) is 85.6 Å². The maximum absolute atomic E-state index is 12.0. The molecule has 6 bridgehead atoms. The molecular formula is C36H52N6O5S3. The molecule has 11 nitrogen and oxygen atoms in total. The monoisotopic (exact) mass is 744 g/mol. The lowest BCUT2D eigenvalue weighted by Gasteiger charge is -2.18.